The number of nitriles is 1. The van der Waals surface area contributed by atoms with Gasteiger partial charge >= 0.3 is 0 Å². The lowest BCUT2D eigenvalue weighted by Crippen LogP contribution is -2.18. The van der Waals surface area contributed by atoms with Crippen molar-refractivity contribution in [2.24, 2.45) is 18.9 Å². The second-order valence-electron chi connectivity index (χ2n) is 6.93. The van der Waals surface area contributed by atoms with E-state index in [1.807, 2.05) is 6.07 Å². The molecule has 1 fully saturated rings. The summed E-state index contributed by atoms with van der Waals surface area (Å²) in [6, 6.07) is 9.22. The van der Waals surface area contributed by atoms with Gasteiger partial charge in [-0.15, -0.1) is 0 Å². The van der Waals surface area contributed by atoms with Crippen LogP contribution in [-0.4, -0.2) is 33.6 Å². The van der Waals surface area contributed by atoms with Gasteiger partial charge in [-0.25, -0.2) is 4.98 Å². The number of aromatic nitrogens is 3. The smallest absolute Gasteiger partial charge is 0.271 e. The number of nitrogens with one attached hydrogen (secondary N) is 2. The van der Waals surface area contributed by atoms with Crippen molar-refractivity contribution in [3.05, 3.63) is 41.2 Å². The summed E-state index contributed by atoms with van der Waals surface area (Å²) >= 11 is 6.45. The van der Waals surface area contributed by atoms with Crippen molar-refractivity contribution < 1.29 is 9.59 Å². The van der Waals surface area contributed by atoms with E-state index in [9.17, 15) is 9.59 Å². The number of aryl methyl sites for hydroxylation is 1. The van der Waals surface area contributed by atoms with Crippen molar-refractivity contribution in [3.8, 4) is 17.3 Å². The normalized spacial score (nSPS) is 17.6. The molecule has 29 heavy (non-hydrogen) atoms. The highest BCUT2D eigenvalue weighted by Crippen LogP contribution is 2.38. The van der Waals surface area contributed by atoms with Crippen LogP contribution in [0.5, 0.6) is 0 Å². The van der Waals surface area contributed by atoms with Gasteiger partial charge in [0.05, 0.1) is 28.6 Å². The Balaban J connectivity index is 1.68. The van der Waals surface area contributed by atoms with Gasteiger partial charge in [0, 0.05) is 31.2 Å². The number of anilines is 1. The minimum absolute atomic E-state index is 0.201. The molecule has 4 rings (SSSR count). The molecule has 0 saturated heterocycles. The van der Waals surface area contributed by atoms with Crippen molar-refractivity contribution in [2.75, 3.05) is 12.4 Å². The van der Waals surface area contributed by atoms with Crippen molar-refractivity contribution in [3.63, 3.8) is 0 Å². The lowest BCUT2D eigenvalue weighted by Gasteiger charge is -2.09. The summed E-state index contributed by atoms with van der Waals surface area (Å²) in [6.45, 7) is 0. The van der Waals surface area contributed by atoms with Crippen molar-refractivity contribution in [2.45, 2.75) is 6.42 Å². The first-order valence-corrected chi connectivity index (χ1v) is 9.35. The number of benzene rings is 1. The van der Waals surface area contributed by atoms with E-state index in [0.717, 1.165) is 22.0 Å². The van der Waals surface area contributed by atoms with Crippen LogP contribution in [-0.2, 0) is 11.8 Å². The minimum Gasteiger partial charge on any atom is -0.354 e. The first-order valence-electron chi connectivity index (χ1n) is 8.97. The second-order valence-corrected chi connectivity index (χ2v) is 7.34. The Morgan fingerprint density at radius 3 is 2.79 bits per heavy atom. The predicted molar refractivity (Wildman–Crippen MR) is 108 cm³/mol. The van der Waals surface area contributed by atoms with Gasteiger partial charge in [-0.05, 0) is 36.1 Å². The third-order valence-electron chi connectivity index (χ3n) is 4.97. The number of nitrogens with zero attached hydrogens (tertiary/aromatic N) is 4. The number of amides is 2. The molecule has 8 nitrogen and oxygen atoms in total. The number of fused-ring (bicyclic) bond motifs is 1. The third-order valence-corrected chi connectivity index (χ3v) is 5.28. The number of hydrogen-bond acceptors (Lipinski definition) is 5. The number of halogens is 1. The largest absolute Gasteiger partial charge is 0.354 e. The van der Waals surface area contributed by atoms with E-state index in [2.05, 4.69) is 26.8 Å². The van der Waals surface area contributed by atoms with Crippen LogP contribution in [0.2, 0.25) is 5.02 Å². The maximum Gasteiger partial charge on any atom is 0.271 e. The van der Waals surface area contributed by atoms with Gasteiger partial charge < -0.3 is 10.6 Å². The molecule has 1 aliphatic rings. The van der Waals surface area contributed by atoms with Crippen LogP contribution >= 0.6 is 11.6 Å². The molecule has 1 saturated carbocycles. The van der Waals surface area contributed by atoms with E-state index in [-0.39, 0.29) is 23.7 Å². The van der Waals surface area contributed by atoms with Crippen LogP contribution < -0.4 is 10.6 Å². The highest BCUT2D eigenvalue weighted by Gasteiger charge is 2.43. The quantitative estimate of drug-likeness (QED) is 0.689. The van der Waals surface area contributed by atoms with E-state index in [1.165, 1.54) is 0 Å². The van der Waals surface area contributed by atoms with Crippen molar-refractivity contribution >= 4 is 40.0 Å². The van der Waals surface area contributed by atoms with Gasteiger partial charge in [0.15, 0.2) is 5.69 Å². The molecule has 146 valence electrons. The van der Waals surface area contributed by atoms with Gasteiger partial charge in [-0.2, -0.15) is 10.4 Å². The molecular formula is C20H17ClN6O2. The molecule has 2 unspecified atom stereocenters. The maximum atomic E-state index is 12.2. The predicted octanol–water partition coefficient (Wildman–Crippen LogP) is 2.75. The first-order chi connectivity index (χ1) is 13.9. The third kappa shape index (κ3) is 3.52. The number of rotatable bonds is 4. The number of carbonyl (C=O) groups is 2. The molecule has 0 spiro atoms. The SMILES string of the molecule is CNC(=O)c1cc(-c2cc(Cl)c3cnc(NC(=O)C4CC4C#N)cc3c2)n(C)n1. The Morgan fingerprint density at radius 1 is 1.31 bits per heavy atom. The number of carbonyl (C=O) groups excluding carboxylic acids is 2. The summed E-state index contributed by atoms with van der Waals surface area (Å²) in [6.07, 6.45) is 2.19. The average molecular weight is 409 g/mol. The topological polar surface area (TPSA) is 113 Å². The van der Waals surface area contributed by atoms with Gasteiger partial charge in [-0.1, -0.05) is 11.6 Å². The standard InChI is InChI=1S/C20H17ClN6O2/c1-23-20(29)16-7-17(27(2)26-16)11-3-10-6-18(24-9-14(10)15(21)5-11)25-19(28)13-4-12(13)8-22/h3,5-7,9,12-13H,4H2,1-2H3,(H,23,29)(H,24,25,28). The molecule has 2 N–H and O–H groups in total. The Hall–Kier alpha value is -3.44. The highest BCUT2D eigenvalue weighted by atomic mass is 35.5. The van der Waals surface area contributed by atoms with E-state index in [4.69, 9.17) is 16.9 Å². The van der Waals surface area contributed by atoms with E-state index >= 15 is 0 Å². The van der Waals surface area contributed by atoms with E-state index in [0.29, 0.717) is 23.0 Å². The Morgan fingerprint density at radius 2 is 2.10 bits per heavy atom. The Bertz CT molecular complexity index is 1200. The summed E-state index contributed by atoms with van der Waals surface area (Å²) in [5.41, 5.74) is 1.81. The zero-order valence-electron chi connectivity index (χ0n) is 15.7. The van der Waals surface area contributed by atoms with E-state index in [1.54, 1.807) is 43.2 Å². The monoisotopic (exact) mass is 408 g/mol. The molecule has 2 aromatic heterocycles. The molecule has 9 heteroatoms. The molecule has 1 aromatic carbocycles. The Kier molecular flexibility index (Phi) is 4.68. The molecule has 2 amide bonds. The zero-order chi connectivity index (χ0) is 20.7. The molecule has 3 aromatic rings. The first kappa shape index (κ1) is 18.9. The molecule has 0 aliphatic heterocycles. The summed E-state index contributed by atoms with van der Waals surface area (Å²) in [7, 11) is 3.30. The van der Waals surface area contributed by atoms with E-state index < -0.39 is 0 Å². The molecular weight excluding hydrogens is 392 g/mol. The molecule has 0 bridgehead atoms. The van der Waals surface area contributed by atoms with Crippen LogP contribution in [0.25, 0.3) is 22.0 Å². The number of hydrogen-bond donors (Lipinski definition) is 2. The fraction of sp³-hybridized carbons (Fsp3) is 0.250. The average Bonchev–Trinajstić information content (AvgIpc) is 3.41. The highest BCUT2D eigenvalue weighted by molar-refractivity contribution is 6.36. The van der Waals surface area contributed by atoms with Crippen LogP contribution in [0.3, 0.4) is 0 Å². The van der Waals surface area contributed by atoms with Crippen LogP contribution in [0.1, 0.15) is 16.9 Å². The summed E-state index contributed by atoms with van der Waals surface area (Å²) in [4.78, 5) is 28.3. The molecule has 2 heterocycles. The van der Waals surface area contributed by atoms with Gasteiger partial charge in [0.1, 0.15) is 5.82 Å². The summed E-state index contributed by atoms with van der Waals surface area (Å²) < 4.78 is 1.61. The fourth-order valence-corrected chi connectivity index (χ4v) is 3.53. The number of pyridine rings is 1. The Labute approximate surface area is 171 Å². The molecule has 2 atom stereocenters. The van der Waals surface area contributed by atoms with Crippen LogP contribution in [0.15, 0.2) is 30.5 Å². The van der Waals surface area contributed by atoms with Crippen LogP contribution in [0.4, 0.5) is 5.82 Å². The van der Waals surface area contributed by atoms with Gasteiger partial charge in [-0.3, -0.25) is 14.3 Å². The molecule has 1 aliphatic carbocycles. The lowest BCUT2D eigenvalue weighted by molar-refractivity contribution is -0.117. The van der Waals surface area contributed by atoms with Crippen molar-refractivity contribution in [1.82, 2.24) is 20.1 Å². The summed E-state index contributed by atoms with van der Waals surface area (Å²) in [5, 5.41) is 20.5. The van der Waals surface area contributed by atoms with Crippen molar-refractivity contribution in [1.29, 1.82) is 5.26 Å². The second kappa shape index (κ2) is 7.18. The van der Waals surface area contributed by atoms with Crippen LogP contribution in [0, 0.1) is 23.2 Å². The summed E-state index contributed by atoms with van der Waals surface area (Å²) in [5.74, 6) is -0.563. The molecule has 0 radical (unpaired) electrons. The maximum absolute atomic E-state index is 12.2. The van der Waals surface area contributed by atoms with Gasteiger partial charge in [0.2, 0.25) is 5.91 Å². The minimum atomic E-state index is -0.274. The van der Waals surface area contributed by atoms with Gasteiger partial charge in [0.25, 0.3) is 5.91 Å². The fourth-order valence-electron chi connectivity index (χ4n) is 3.25. The lowest BCUT2D eigenvalue weighted by atomic mass is 10.1. The zero-order valence-corrected chi connectivity index (χ0v) is 16.5.